The van der Waals surface area contributed by atoms with Gasteiger partial charge in [-0.25, -0.2) is 0 Å². The van der Waals surface area contributed by atoms with Crippen molar-refractivity contribution < 1.29 is 4.79 Å². The topological polar surface area (TPSA) is 44.4 Å². The second-order valence-electron chi connectivity index (χ2n) is 6.26. The second kappa shape index (κ2) is 5.21. The number of hydrogen-bond donors (Lipinski definition) is 2. The van der Waals surface area contributed by atoms with Gasteiger partial charge in [0.05, 0.1) is 11.4 Å². The average molecular weight is 303 g/mol. The number of nitrogens with zero attached hydrogens (tertiary/aromatic N) is 1. The Morgan fingerprint density at radius 1 is 1.19 bits per heavy atom. The minimum absolute atomic E-state index is 0.140. The van der Waals surface area contributed by atoms with Crippen molar-refractivity contribution in [2.45, 2.75) is 30.8 Å². The van der Waals surface area contributed by atoms with Crippen molar-refractivity contribution >= 4 is 29.0 Å². The third kappa shape index (κ3) is 2.32. The van der Waals surface area contributed by atoms with Crippen LogP contribution in [-0.4, -0.2) is 47.0 Å². The maximum absolute atomic E-state index is 12.6. The van der Waals surface area contributed by atoms with Crippen molar-refractivity contribution in [2.24, 2.45) is 0 Å². The number of benzene rings is 1. The molecule has 1 aromatic rings. The van der Waals surface area contributed by atoms with Crippen LogP contribution >= 0.6 is 11.8 Å². The van der Waals surface area contributed by atoms with Crippen LogP contribution in [0.3, 0.4) is 0 Å². The lowest BCUT2D eigenvalue weighted by atomic mass is 9.84. The summed E-state index contributed by atoms with van der Waals surface area (Å²) in [6.45, 7) is 2.04. The Labute approximate surface area is 129 Å². The quantitative estimate of drug-likeness (QED) is 0.836. The summed E-state index contributed by atoms with van der Waals surface area (Å²) >= 11 is 2.06. The number of fused-ring (bicyclic) bond motifs is 1. The monoisotopic (exact) mass is 303 g/mol. The zero-order valence-electron chi connectivity index (χ0n) is 12.1. The van der Waals surface area contributed by atoms with Gasteiger partial charge in [0.15, 0.2) is 0 Å². The van der Waals surface area contributed by atoms with Crippen LogP contribution in [0.15, 0.2) is 24.3 Å². The lowest BCUT2D eigenvalue weighted by Gasteiger charge is -2.45. The van der Waals surface area contributed by atoms with E-state index in [1.165, 1.54) is 17.9 Å². The number of carbonyl (C=O) groups excluding carboxylic acids is 1. The highest BCUT2D eigenvalue weighted by atomic mass is 32.2. The summed E-state index contributed by atoms with van der Waals surface area (Å²) in [6.07, 6.45) is 3.10. The minimum Gasteiger partial charge on any atom is -0.369 e. The number of rotatable bonds is 1. The van der Waals surface area contributed by atoms with E-state index in [0.717, 1.165) is 43.3 Å². The predicted octanol–water partition coefficient (Wildman–Crippen LogP) is 2.39. The molecule has 3 aliphatic rings. The van der Waals surface area contributed by atoms with Gasteiger partial charge in [0.2, 0.25) is 5.91 Å². The third-order valence-corrected chi connectivity index (χ3v) is 6.20. The van der Waals surface area contributed by atoms with E-state index in [1.807, 2.05) is 18.2 Å². The maximum atomic E-state index is 12.6. The molecule has 0 bridgehead atoms. The molecule has 2 fully saturated rings. The third-order valence-electron chi connectivity index (χ3n) is 5.06. The van der Waals surface area contributed by atoms with Crippen molar-refractivity contribution in [3.05, 3.63) is 24.3 Å². The number of likely N-dealkylation sites (tertiary alicyclic amines) is 1. The molecule has 2 N–H and O–H groups in total. The molecule has 0 unspecified atom stereocenters. The molecule has 0 aliphatic carbocycles. The molecule has 0 radical (unpaired) electrons. The first-order chi connectivity index (χ1) is 10.3. The Bertz CT molecular complexity index is 548. The number of carbonyl (C=O) groups is 1. The van der Waals surface area contributed by atoms with Crippen molar-refractivity contribution in [2.75, 3.05) is 35.2 Å². The highest BCUT2D eigenvalue weighted by Crippen LogP contribution is 2.37. The summed E-state index contributed by atoms with van der Waals surface area (Å²) in [5.41, 5.74) is 1.56. The summed E-state index contributed by atoms with van der Waals surface area (Å²) in [5.74, 6) is 2.69. The molecular formula is C16H21N3OS. The molecule has 112 valence electrons. The first kappa shape index (κ1) is 13.5. The fourth-order valence-corrected chi connectivity index (χ4v) is 4.95. The number of nitrogens with one attached hydrogen (secondary N) is 2. The summed E-state index contributed by atoms with van der Waals surface area (Å²) in [5, 5.41) is 6.61. The van der Waals surface area contributed by atoms with Gasteiger partial charge in [-0.05, 0) is 37.1 Å². The zero-order chi connectivity index (χ0) is 14.3. The second-order valence-corrected chi connectivity index (χ2v) is 7.41. The largest absolute Gasteiger partial charge is 0.369 e. The highest BCUT2D eigenvalue weighted by Gasteiger charge is 2.45. The number of para-hydroxylation sites is 2. The number of hydrogen-bond acceptors (Lipinski definition) is 4. The number of amides is 1. The zero-order valence-corrected chi connectivity index (χ0v) is 12.9. The fraction of sp³-hybridized carbons (Fsp3) is 0.562. The Hall–Kier alpha value is -1.20. The van der Waals surface area contributed by atoms with E-state index in [4.69, 9.17) is 0 Å². The minimum atomic E-state index is -0.406. The summed E-state index contributed by atoms with van der Waals surface area (Å²) in [6, 6.07) is 8.71. The van der Waals surface area contributed by atoms with Crippen molar-refractivity contribution in [1.29, 1.82) is 0 Å². The Balaban J connectivity index is 1.50. The SMILES string of the molecule is O=C1Nc2ccccc2NC12CCN([C@@H]1CCSC1)CC2. The normalized spacial score (nSPS) is 28.0. The average Bonchev–Trinajstić information content (AvgIpc) is 3.04. The van der Waals surface area contributed by atoms with Crippen LogP contribution in [0.4, 0.5) is 11.4 Å². The van der Waals surface area contributed by atoms with Gasteiger partial charge >= 0.3 is 0 Å². The number of thioether (sulfide) groups is 1. The van der Waals surface area contributed by atoms with Gasteiger partial charge in [0.1, 0.15) is 5.54 Å². The van der Waals surface area contributed by atoms with E-state index < -0.39 is 5.54 Å². The molecule has 0 saturated carbocycles. The standard InChI is InChI=1S/C16H21N3OS/c20-15-16(18-14-4-2-1-3-13(14)17-15)6-8-19(9-7-16)12-5-10-21-11-12/h1-4,12,18H,5-11H2,(H,17,20)/t12-/m1/s1. The molecule has 0 aromatic heterocycles. The predicted molar refractivity (Wildman–Crippen MR) is 88.0 cm³/mol. The van der Waals surface area contributed by atoms with Crippen LogP contribution in [0.1, 0.15) is 19.3 Å². The molecule has 3 aliphatic heterocycles. The summed E-state index contributed by atoms with van der Waals surface area (Å²) in [4.78, 5) is 15.1. The molecule has 1 spiro atoms. The van der Waals surface area contributed by atoms with Gasteiger partial charge in [-0.15, -0.1) is 0 Å². The van der Waals surface area contributed by atoms with Crippen LogP contribution in [-0.2, 0) is 4.79 Å². The molecule has 1 atom stereocenters. The molecule has 21 heavy (non-hydrogen) atoms. The molecule has 1 aromatic carbocycles. The van der Waals surface area contributed by atoms with E-state index in [0.29, 0.717) is 0 Å². The van der Waals surface area contributed by atoms with Crippen molar-refractivity contribution in [1.82, 2.24) is 4.90 Å². The van der Waals surface area contributed by atoms with Crippen LogP contribution in [0.25, 0.3) is 0 Å². The molecule has 4 rings (SSSR count). The van der Waals surface area contributed by atoms with Crippen molar-refractivity contribution in [3.8, 4) is 0 Å². The van der Waals surface area contributed by atoms with Gasteiger partial charge in [0.25, 0.3) is 0 Å². The lowest BCUT2D eigenvalue weighted by molar-refractivity contribution is -0.122. The van der Waals surface area contributed by atoms with Crippen molar-refractivity contribution in [3.63, 3.8) is 0 Å². The fourth-order valence-electron chi connectivity index (χ4n) is 3.69. The first-order valence-electron chi connectivity index (χ1n) is 7.77. The van der Waals surface area contributed by atoms with Crippen LogP contribution in [0, 0.1) is 0 Å². The molecule has 5 heteroatoms. The van der Waals surface area contributed by atoms with Gasteiger partial charge in [-0.3, -0.25) is 9.69 Å². The van der Waals surface area contributed by atoms with Crippen LogP contribution in [0.5, 0.6) is 0 Å². The van der Waals surface area contributed by atoms with Crippen LogP contribution in [0.2, 0.25) is 0 Å². The van der Waals surface area contributed by atoms with Crippen LogP contribution < -0.4 is 10.6 Å². The maximum Gasteiger partial charge on any atom is 0.250 e. The molecular weight excluding hydrogens is 282 g/mol. The molecule has 3 heterocycles. The van der Waals surface area contributed by atoms with Gasteiger partial charge in [-0.2, -0.15) is 11.8 Å². The number of anilines is 2. The smallest absolute Gasteiger partial charge is 0.250 e. The Morgan fingerprint density at radius 3 is 2.67 bits per heavy atom. The number of piperidine rings is 1. The first-order valence-corrected chi connectivity index (χ1v) is 8.93. The molecule has 1 amide bonds. The Kier molecular flexibility index (Phi) is 3.34. The Morgan fingerprint density at radius 2 is 1.95 bits per heavy atom. The van der Waals surface area contributed by atoms with E-state index in [1.54, 1.807) is 0 Å². The molecule has 4 nitrogen and oxygen atoms in total. The molecule has 2 saturated heterocycles. The highest BCUT2D eigenvalue weighted by molar-refractivity contribution is 7.99. The summed E-state index contributed by atoms with van der Waals surface area (Å²) < 4.78 is 0. The summed E-state index contributed by atoms with van der Waals surface area (Å²) in [7, 11) is 0. The van der Waals surface area contributed by atoms with E-state index in [9.17, 15) is 4.79 Å². The van der Waals surface area contributed by atoms with E-state index >= 15 is 0 Å². The van der Waals surface area contributed by atoms with E-state index in [-0.39, 0.29) is 5.91 Å². The van der Waals surface area contributed by atoms with Gasteiger partial charge in [0, 0.05) is 24.9 Å². The van der Waals surface area contributed by atoms with E-state index in [2.05, 4.69) is 33.4 Å². The lowest BCUT2D eigenvalue weighted by Crippen LogP contribution is -2.59. The van der Waals surface area contributed by atoms with Gasteiger partial charge in [-0.1, -0.05) is 12.1 Å². The van der Waals surface area contributed by atoms with Gasteiger partial charge < -0.3 is 10.6 Å².